The first-order valence-corrected chi connectivity index (χ1v) is 10.3. The van der Waals surface area contributed by atoms with Gasteiger partial charge in [0.1, 0.15) is 0 Å². The van der Waals surface area contributed by atoms with Crippen molar-refractivity contribution in [1.29, 1.82) is 0 Å². The summed E-state index contributed by atoms with van der Waals surface area (Å²) in [5.41, 5.74) is 2.82. The van der Waals surface area contributed by atoms with E-state index >= 15 is 0 Å². The molecule has 0 aliphatic carbocycles. The van der Waals surface area contributed by atoms with Gasteiger partial charge in [0.15, 0.2) is 0 Å². The topological polar surface area (TPSA) is 66.9 Å². The van der Waals surface area contributed by atoms with E-state index in [1.165, 1.54) is 37.4 Å². The molecule has 1 aliphatic heterocycles. The van der Waals surface area contributed by atoms with Gasteiger partial charge in [-0.1, -0.05) is 28.7 Å². The molecule has 1 amide bonds. The number of hydrogen-bond acceptors (Lipinski definition) is 4. The minimum Gasteiger partial charge on any atom is -0.332 e. The zero-order valence-corrected chi connectivity index (χ0v) is 16.6. The number of aryl methyl sites for hydroxylation is 1. The summed E-state index contributed by atoms with van der Waals surface area (Å²) < 4.78 is 25.4. The molecule has 1 unspecified atom stereocenters. The molecule has 2 aromatic rings. The summed E-state index contributed by atoms with van der Waals surface area (Å²) in [7, 11) is -1.11. The number of likely N-dealkylation sites (tertiary alicyclic amines) is 1. The Morgan fingerprint density at radius 2 is 1.81 bits per heavy atom. The van der Waals surface area contributed by atoms with Crippen molar-refractivity contribution in [3.8, 4) is 0 Å². The molecule has 1 heterocycles. The number of rotatable bonds is 5. The van der Waals surface area contributed by atoms with Gasteiger partial charge in [-0.25, -0.2) is 8.42 Å². The van der Waals surface area contributed by atoms with Crippen LogP contribution in [0.15, 0.2) is 53.4 Å². The maximum absolute atomic E-state index is 13.0. The second kappa shape index (κ2) is 7.80. The molecule has 0 saturated carbocycles. The molecule has 0 bridgehead atoms. The van der Waals surface area contributed by atoms with E-state index in [0.717, 1.165) is 17.3 Å². The normalized spacial score (nSPS) is 17.5. The van der Waals surface area contributed by atoms with E-state index in [4.69, 9.17) is 4.84 Å². The first kappa shape index (κ1) is 19.5. The summed E-state index contributed by atoms with van der Waals surface area (Å²) in [6.07, 6.45) is 1.89. The number of sulfonamides is 1. The van der Waals surface area contributed by atoms with Crippen LogP contribution in [-0.4, -0.2) is 44.4 Å². The Bertz CT molecular complexity index is 925. The summed E-state index contributed by atoms with van der Waals surface area (Å²) in [5.74, 6) is -0.0789. The number of carbonyl (C=O) groups is 1. The van der Waals surface area contributed by atoms with Crippen LogP contribution in [0.1, 0.15) is 40.4 Å². The predicted octanol–water partition coefficient (Wildman–Crippen LogP) is 3.15. The van der Waals surface area contributed by atoms with Crippen LogP contribution >= 0.6 is 0 Å². The van der Waals surface area contributed by atoms with Crippen molar-refractivity contribution in [3.05, 3.63) is 65.2 Å². The number of hydroxylamine groups is 1. The summed E-state index contributed by atoms with van der Waals surface area (Å²) in [5, 5.41) is 0. The summed E-state index contributed by atoms with van der Waals surface area (Å²) in [6, 6.07) is 14.2. The van der Waals surface area contributed by atoms with Crippen LogP contribution in [0.25, 0.3) is 0 Å². The van der Waals surface area contributed by atoms with Gasteiger partial charge in [-0.3, -0.25) is 9.63 Å². The largest absolute Gasteiger partial charge is 0.332 e. The Labute approximate surface area is 160 Å². The average molecular weight is 388 g/mol. The molecule has 1 fully saturated rings. The number of carbonyl (C=O) groups excluding carboxylic acids is 1. The van der Waals surface area contributed by atoms with E-state index in [0.29, 0.717) is 12.1 Å². The van der Waals surface area contributed by atoms with Crippen molar-refractivity contribution in [2.24, 2.45) is 0 Å². The minimum atomic E-state index is -3.72. The van der Waals surface area contributed by atoms with Gasteiger partial charge in [-0.15, -0.1) is 0 Å². The first-order chi connectivity index (χ1) is 12.9. The second-order valence-electron chi connectivity index (χ2n) is 6.63. The fraction of sp³-hybridized carbons (Fsp3) is 0.350. The standard InChI is InChI=1S/C20H24N2O4S/c1-15-7-4-5-8-18(15)19-9-6-14-22(19)20(23)16-10-12-17(13-11-16)27(24,25)21(2)26-3/h4-5,7-8,10-13,19H,6,9,14H2,1-3H3. The predicted molar refractivity (Wildman–Crippen MR) is 103 cm³/mol. The Hall–Kier alpha value is -2.22. The number of benzene rings is 2. The van der Waals surface area contributed by atoms with Crippen molar-refractivity contribution < 1.29 is 18.0 Å². The lowest BCUT2D eigenvalue weighted by Gasteiger charge is -2.26. The maximum Gasteiger partial charge on any atom is 0.264 e. The van der Waals surface area contributed by atoms with Crippen LogP contribution in [0.5, 0.6) is 0 Å². The molecule has 144 valence electrons. The van der Waals surface area contributed by atoms with Gasteiger partial charge in [-0.05, 0) is 55.2 Å². The van der Waals surface area contributed by atoms with Crippen LogP contribution in [0, 0.1) is 6.92 Å². The third-order valence-corrected chi connectivity index (χ3v) is 6.75. The van der Waals surface area contributed by atoms with Crippen molar-refractivity contribution >= 4 is 15.9 Å². The molecular formula is C20H24N2O4S. The monoisotopic (exact) mass is 388 g/mol. The third-order valence-electron chi connectivity index (χ3n) is 5.06. The molecular weight excluding hydrogens is 364 g/mol. The van der Waals surface area contributed by atoms with Gasteiger partial charge >= 0.3 is 0 Å². The van der Waals surface area contributed by atoms with Gasteiger partial charge < -0.3 is 4.90 Å². The summed E-state index contributed by atoms with van der Waals surface area (Å²) in [4.78, 5) is 19.8. The van der Waals surface area contributed by atoms with Crippen molar-refractivity contribution in [2.75, 3.05) is 20.7 Å². The Balaban J connectivity index is 1.85. The highest BCUT2D eigenvalue weighted by molar-refractivity contribution is 7.89. The SMILES string of the molecule is CON(C)S(=O)(=O)c1ccc(C(=O)N2CCCC2c2ccccc2C)cc1. The molecule has 1 saturated heterocycles. The van der Waals surface area contributed by atoms with Gasteiger partial charge in [0.25, 0.3) is 15.9 Å². The van der Waals surface area contributed by atoms with Crippen molar-refractivity contribution in [2.45, 2.75) is 30.7 Å². The molecule has 0 N–H and O–H groups in total. The molecule has 1 atom stereocenters. The van der Waals surface area contributed by atoms with Crippen LogP contribution in [0.3, 0.4) is 0 Å². The molecule has 6 nitrogen and oxygen atoms in total. The van der Waals surface area contributed by atoms with Crippen LogP contribution in [0.2, 0.25) is 0 Å². The zero-order chi connectivity index (χ0) is 19.6. The van der Waals surface area contributed by atoms with Gasteiger partial charge in [-0.2, -0.15) is 0 Å². The fourth-order valence-electron chi connectivity index (χ4n) is 3.48. The van der Waals surface area contributed by atoms with Crippen LogP contribution < -0.4 is 0 Å². The smallest absolute Gasteiger partial charge is 0.264 e. The number of nitrogens with zero attached hydrogens (tertiary/aromatic N) is 2. The van der Waals surface area contributed by atoms with E-state index in [1.54, 1.807) is 12.1 Å². The number of hydrogen-bond donors (Lipinski definition) is 0. The highest BCUT2D eigenvalue weighted by atomic mass is 32.2. The number of amides is 1. The summed E-state index contributed by atoms with van der Waals surface area (Å²) in [6.45, 7) is 2.76. The first-order valence-electron chi connectivity index (χ1n) is 8.86. The maximum atomic E-state index is 13.0. The highest BCUT2D eigenvalue weighted by Gasteiger charge is 2.31. The fourth-order valence-corrected chi connectivity index (χ4v) is 4.45. The third kappa shape index (κ3) is 3.76. The van der Waals surface area contributed by atoms with Crippen molar-refractivity contribution in [1.82, 2.24) is 9.37 Å². The molecule has 0 radical (unpaired) electrons. The Morgan fingerprint density at radius 3 is 2.44 bits per heavy atom. The van der Waals surface area contributed by atoms with Crippen LogP contribution in [-0.2, 0) is 14.9 Å². The van der Waals surface area contributed by atoms with E-state index in [1.807, 2.05) is 17.0 Å². The Morgan fingerprint density at radius 1 is 1.15 bits per heavy atom. The van der Waals surface area contributed by atoms with E-state index in [2.05, 4.69) is 19.1 Å². The van der Waals surface area contributed by atoms with Crippen molar-refractivity contribution in [3.63, 3.8) is 0 Å². The molecule has 1 aliphatic rings. The second-order valence-corrected chi connectivity index (χ2v) is 8.57. The highest BCUT2D eigenvalue weighted by Crippen LogP contribution is 2.34. The lowest BCUT2D eigenvalue weighted by molar-refractivity contribution is -0.0258. The van der Waals surface area contributed by atoms with Crippen LogP contribution in [0.4, 0.5) is 0 Å². The molecule has 0 aromatic heterocycles. The molecule has 0 spiro atoms. The van der Waals surface area contributed by atoms with Gasteiger partial charge in [0.05, 0.1) is 18.0 Å². The average Bonchev–Trinajstić information content (AvgIpc) is 3.16. The molecule has 3 rings (SSSR count). The Kier molecular flexibility index (Phi) is 5.64. The van der Waals surface area contributed by atoms with Gasteiger partial charge in [0, 0.05) is 19.2 Å². The lowest BCUT2D eigenvalue weighted by atomic mass is 9.99. The lowest BCUT2D eigenvalue weighted by Crippen LogP contribution is -2.31. The molecule has 2 aromatic carbocycles. The van der Waals surface area contributed by atoms with Gasteiger partial charge in [0.2, 0.25) is 0 Å². The zero-order valence-electron chi connectivity index (χ0n) is 15.8. The van der Waals surface area contributed by atoms with E-state index < -0.39 is 10.0 Å². The van der Waals surface area contributed by atoms with E-state index in [9.17, 15) is 13.2 Å². The molecule has 27 heavy (non-hydrogen) atoms. The quantitative estimate of drug-likeness (QED) is 0.738. The minimum absolute atomic E-state index is 0.0572. The summed E-state index contributed by atoms with van der Waals surface area (Å²) >= 11 is 0. The molecule has 7 heteroatoms. The van der Waals surface area contributed by atoms with E-state index in [-0.39, 0.29) is 16.8 Å².